The Kier molecular flexibility index (Phi) is 2.67. The molecule has 3 nitrogen and oxygen atoms in total. The maximum absolute atomic E-state index is 5.38. The highest BCUT2D eigenvalue weighted by atomic mass is 127. The first-order valence-electron chi connectivity index (χ1n) is 3.84. The Hall–Kier alpha value is -0.0700. The molecule has 0 aromatic carbocycles. The fourth-order valence-corrected chi connectivity index (χ4v) is 1.64. The average Bonchev–Trinajstić information content (AvgIpc) is 2.53. The van der Waals surface area contributed by atoms with Crippen LogP contribution < -0.4 is 0 Å². The maximum atomic E-state index is 5.38. The van der Waals surface area contributed by atoms with Crippen LogP contribution >= 0.6 is 22.6 Å². The summed E-state index contributed by atoms with van der Waals surface area (Å²) in [5.41, 5.74) is 0. The highest BCUT2D eigenvalue weighted by molar-refractivity contribution is 14.1. The molecular formula is C8H9IO3. The van der Waals surface area contributed by atoms with Gasteiger partial charge in [-0.1, -0.05) is 0 Å². The molecule has 1 aromatic rings. The van der Waals surface area contributed by atoms with Gasteiger partial charge in [0.25, 0.3) is 0 Å². The van der Waals surface area contributed by atoms with Gasteiger partial charge in [0.1, 0.15) is 0 Å². The second-order valence-electron chi connectivity index (χ2n) is 2.56. The van der Waals surface area contributed by atoms with Gasteiger partial charge in [-0.05, 0) is 35.1 Å². The van der Waals surface area contributed by atoms with Gasteiger partial charge in [0, 0.05) is 0 Å². The van der Waals surface area contributed by atoms with E-state index in [1.54, 1.807) is 6.26 Å². The number of hydrogen-bond acceptors (Lipinski definition) is 3. The molecule has 0 N–H and O–H groups in total. The molecule has 1 aromatic heterocycles. The zero-order valence-electron chi connectivity index (χ0n) is 6.46. The number of furan rings is 1. The van der Waals surface area contributed by atoms with Crippen LogP contribution in [-0.2, 0) is 9.47 Å². The fraction of sp³-hybridized carbons (Fsp3) is 0.500. The summed E-state index contributed by atoms with van der Waals surface area (Å²) in [4.78, 5) is 0. The van der Waals surface area contributed by atoms with E-state index >= 15 is 0 Å². The lowest BCUT2D eigenvalue weighted by Gasteiger charge is -2.21. The number of hydrogen-bond donors (Lipinski definition) is 0. The van der Waals surface area contributed by atoms with Crippen molar-refractivity contribution in [2.45, 2.75) is 12.7 Å². The minimum absolute atomic E-state index is 0.291. The summed E-state index contributed by atoms with van der Waals surface area (Å²) in [5.74, 6) is 0.787. The van der Waals surface area contributed by atoms with Crippen LogP contribution in [0.1, 0.15) is 18.5 Å². The van der Waals surface area contributed by atoms with E-state index in [0.29, 0.717) is 0 Å². The maximum Gasteiger partial charge on any atom is 0.218 e. The van der Waals surface area contributed by atoms with Crippen LogP contribution in [0.15, 0.2) is 16.7 Å². The van der Waals surface area contributed by atoms with E-state index in [1.807, 2.05) is 6.07 Å². The molecule has 0 aliphatic carbocycles. The molecule has 66 valence electrons. The standard InChI is InChI=1S/C8H9IO3/c9-6-2-5-10-7(6)8-11-3-1-4-12-8/h2,5,8H,1,3-4H2. The SMILES string of the molecule is Ic1ccoc1C1OCCCO1. The van der Waals surface area contributed by atoms with Crippen molar-refractivity contribution in [2.24, 2.45) is 0 Å². The molecule has 0 radical (unpaired) electrons. The predicted octanol–water partition coefficient (Wildman–Crippen LogP) is 2.32. The van der Waals surface area contributed by atoms with Crippen molar-refractivity contribution in [2.75, 3.05) is 13.2 Å². The van der Waals surface area contributed by atoms with Crippen LogP contribution in [0.3, 0.4) is 0 Å². The summed E-state index contributed by atoms with van der Waals surface area (Å²) in [6, 6.07) is 1.90. The smallest absolute Gasteiger partial charge is 0.218 e. The second kappa shape index (κ2) is 3.76. The summed E-state index contributed by atoms with van der Waals surface area (Å²) < 4.78 is 17.1. The molecule has 1 aliphatic heterocycles. The van der Waals surface area contributed by atoms with Crippen molar-refractivity contribution < 1.29 is 13.9 Å². The number of rotatable bonds is 1. The Bertz CT molecular complexity index is 253. The predicted molar refractivity (Wildman–Crippen MR) is 50.7 cm³/mol. The van der Waals surface area contributed by atoms with Crippen LogP contribution in [0.2, 0.25) is 0 Å². The molecule has 0 spiro atoms. The van der Waals surface area contributed by atoms with Crippen molar-refractivity contribution in [1.82, 2.24) is 0 Å². The number of ether oxygens (including phenoxy) is 2. The molecule has 0 atom stereocenters. The first-order chi connectivity index (χ1) is 5.88. The largest absolute Gasteiger partial charge is 0.463 e. The highest BCUT2D eigenvalue weighted by Gasteiger charge is 2.21. The van der Waals surface area contributed by atoms with Gasteiger partial charge in [0.2, 0.25) is 6.29 Å². The van der Waals surface area contributed by atoms with E-state index in [1.165, 1.54) is 0 Å². The van der Waals surface area contributed by atoms with Gasteiger partial charge in [-0.2, -0.15) is 0 Å². The molecule has 12 heavy (non-hydrogen) atoms. The van der Waals surface area contributed by atoms with Crippen molar-refractivity contribution >= 4 is 22.6 Å². The Balaban J connectivity index is 2.13. The first-order valence-corrected chi connectivity index (χ1v) is 4.92. The molecule has 0 unspecified atom stereocenters. The van der Waals surface area contributed by atoms with E-state index in [-0.39, 0.29) is 6.29 Å². The van der Waals surface area contributed by atoms with E-state index in [0.717, 1.165) is 29.0 Å². The average molecular weight is 280 g/mol. The third-order valence-electron chi connectivity index (χ3n) is 1.69. The van der Waals surface area contributed by atoms with Gasteiger partial charge in [0.05, 0.1) is 23.0 Å². The lowest BCUT2D eigenvalue weighted by atomic mass is 10.4. The number of halogens is 1. The zero-order chi connectivity index (χ0) is 8.39. The van der Waals surface area contributed by atoms with Gasteiger partial charge in [-0.3, -0.25) is 0 Å². The van der Waals surface area contributed by atoms with Crippen molar-refractivity contribution in [3.8, 4) is 0 Å². The van der Waals surface area contributed by atoms with Gasteiger partial charge in [-0.25, -0.2) is 0 Å². The Morgan fingerprint density at radius 3 is 2.67 bits per heavy atom. The molecule has 1 saturated heterocycles. The van der Waals surface area contributed by atoms with Crippen LogP contribution in [0, 0.1) is 3.57 Å². The molecule has 1 aliphatic rings. The topological polar surface area (TPSA) is 31.6 Å². The van der Waals surface area contributed by atoms with Crippen LogP contribution in [-0.4, -0.2) is 13.2 Å². The van der Waals surface area contributed by atoms with Crippen molar-refractivity contribution in [3.63, 3.8) is 0 Å². The van der Waals surface area contributed by atoms with Crippen molar-refractivity contribution in [3.05, 3.63) is 21.7 Å². The third-order valence-corrected chi connectivity index (χ3v) is 2.58. The normalized spacial score (nSPS) is 19.8. The van der Waals surface area contributed by atoms with Gasteiger partial charge >= 0.3 is 0 Å². The van der Waals surface area contributed by atoms with Gasteiger partial charge in [0.15, 0.2) is 5.76 Å². The molecule has 0 saturated carbocycles. The second-order valence-corrected chi connectivity index (χ2v) is 3.72. The Morgan fingerprint density at radius 2 is 2.08 bits per heavy atom. The fourth-order valence-electron chi connectivity index (χ4n) is 1.11. The molecule has 2 rings (SSSR count). The highest BCUT2D eigenvalue weighted by Crippen LogP contribution is 2.27. The first kappa shape index (κ1) is 8.52. The van der Waals surface area contributed by atoms with Crippen molar-refractivity contribution in [1.29, 1.82) is 0 Å². The molecule has 0 bridgehead atoms. The third kappa shape index (κ3) is 1.65. The summed E-state index contributed by atoms with van der Waals surface area (Å²) in [6.07, 6.45) is 2.33. The Labute approximate surface area is 84.2 Å². The Morgan fingerprint density at radius 1 is 1.33 bits per heavy atom. The van der Waals surface area contributed by atoms with E-state index < -0.39 is 0 Å². The molecule has 4 heteroatoms. The quantitative estimate of drug-likeness (QED) is 0.740. The van der Waals surface area contributed by atoms with E-state index in [4.69, 9.17) is 13.9 Å². The van der Waals surface area contributed by atoms with Crippen LogP contribution in [0.25, 0.3) is 0 Å². The zero-order valence-corrected chi connectivity index (χ0v) is 8.61. The summed E-state index contributed by atoms with van der Waals surface area (Å²) >= 11 is 2.20. The molecule has 2 heterocycles. The lowest BCUT2D eigenvalue weighted by molar-refractivity contribution is -0.192. The minimum atomic E-state index is -0.291. The van der Waals surface area contributed by atoms with Crippen LogP contribution in [0.4, 0.5) is 0 Å². The minimum Gasteiger partial charge on any atom is -0.463 e. The monoisotopic (exact) mass is 280 g/mol. The molecule has 1 fully saturated rings. The molecule has 0 amide bonds. The van der Waals surface area contributed by atoms with Gasteiger partial charge < -0.3 is 13.9 Å². The van der Waals surface area contributed by atoms with Crippen LogP contribution in [0.5, 0.6) is 0 Å². The van der Waals surface area contributed by atoms with Gasteiger partial charge in [-0.15, -0.1) is 0 Å². The summed E-state index contributed by atoms with van der Waals surface area (Å²) in [6.45, 7) is 1.50. The van der Waals surface area contributed by atoms with E-state index in [9.17, 15) is 0 Å². The molecular weight excluding hydrogens is 271 g/mol. The summed E-state index contributed by atoms with van der Waals surface area (Å²) in [5, 5.41) is 0. The lowest BCUT2D eigenvalue weighted by Crippen LogP contribution is -2.17. The van der Waals surface area contributed by atoms with E-state index in [2.05, 4.69) is 22.6 Å². The summed E-state index contributed by atoms with van der Waals surface area (Å²) in [7, 11) is 0.